The number of ether oxygens (including phenoxy) is 2. The van der Waals surface area contributed by atoms with Crippen molar-refractivity contribution < 1.29 is 14.3 Å². The second kappa shape index (κ2) is 7.63. The monoisotopic (exact) mass is 332 g/mol. The zero-order chi connectivity index (χ0) is 16.9. The summed E-state index contributed by atoms with van der Waals surface area (Å²) in [4.78, 5) is 19.4. The number of nitrogens with one attached hydrogen (secondary N) is 1. The number of imidazole rings is 1. The number of methoxy groups -OCH3 is 1. The van der Waals surface area contributed by atoms with Crippen molar-refractivity contribution in [2.75, 3.05) is 46.5 Å². The fraction of sp³-hybridized carbons (Fsp3) is 0.529. The highest BCUT2D eigenvalue weighted by atomic mass is 16.5. The maximum Gasteiger partial charge on any atom is 0.270 e. The minimum absolute atomic E-state index is 0.102. The molecule has 3 heterocycles. The SMILES string of the molecule is COc1cccn2c(C(=O)NCCCN3CCOCC3)c(C)nc12. The number of pyridine rings is 1. The molecule has 1 saturated heterocycles. The summed E-state index contributed by atoms with van der Waals surface area (Å²) in [6.45, 7) is 7.01. The summed E-state index contributed by atoms with van der Waals surface area (Å²) in [6, 6.07) is 3.69. The highest BCUT2D eigenvalue weighted by Crippen LogP contribution is 2.21. The third-order valence-electron chi connectivity index (χ3n) is 4.26. The molecule has 2 aromatic rings. The molecule has 7 nitrogen and oxygen atoms in total. The van der Waals surface area contributed by atoms with Crippen molar-refractivity contribution in [3.8, 4) is 5.75 Å². The van der Waals surface area contributed by atoms with Crippen LogP contribution in [0.25, 0.3) is 5.65 Å². The number of fused-ring (bicyclic) bond motifs is 1. The highest BCUT2D eigenvalue weighted by molar-refractivity contribution is 5.94. The van der Waals surface area contributed by atoms with Crippen LogP contribution in [0.5, 0.6) is 5.75 Å². The molecule has 24 heavy (non-hydrogen) atoms. The van der Waals surface area contributed by atoms with E-state index in [0.29, 0.717) is 29.3 Å². The highest BCUT2D eigenvalue weighted by Gasteiger charge is 2.18. The van der Waals surface area contributed by atoms with Gasteiger partial charge in [-0.1, -0.05) is 0 Å². The van der Waals surface area contributed by atoms with E-state index in [4.69, 9.17) is 9.47 Å². The second-order valence-corrected chi connectivity index (χ2v) is 5.88. The summed E-state index contributed by atoms with van der Waals surface area (Å²) in [5.74, 6) is 0.558. The zero-order valence-electron chi connectivity index (χ0n) is 14.2. The van der Waals surface area contributed by atoms with Gasteiger partial charge in [-0.25, -0.2) is 4.98 Å². The van der Waals surface area contributed by atoms with Gasteiger partial charge in [-0.15, -0.1) is 0 Å². The molecule has 2 aromatic heterocycles. The molecule has 0 unspecified atom stereocenters. The lowest BCUT2D eigenvalue weighted by atomic mass is 10.3. The van der Waals surface area contributed by atoms with Crippen molar-refractivity contribution >= 4 is 11.6 Å². The Bertz CT molecular complexity index is 707. The van der Waals surface area contributed by atoms with E-state index < -0.39 is 0 Å². The fourth-order valence-electron chi connectivity index (χ4n) is 3.00. The van der Waals surface area contributed by atoms with Gasteiger partial charge in [0.25, 0.3) is 5.91 Å². The molecule has 0 aromatic carbocycles. The lowest BCUT2D eigenvalue weighted by Crippen LogP contribution is -2.38. The number of carbonyl (C=O) groups excluding carboxylic acids is 1. The van der Waals surface area contributed by atoms with Crippen molar-refractivity contribution in [3.05, 3.63) is 29.7 Å². The smallest absolute Gasteiger partial charge is 0.270 e. The van der Waals surface area contributed by atoms with Crippen molar-refractivity contribution in [1.82, 2.24) is 19.6 Å². The topological polar surface area (TPSA) is 68.1 Å². The quantitative estimate of drug-likeness (QED) is 0.803. The molecule has 0 bridgehead atoms. The lowest BCUT2D eigenvalue weighted by Gasteiger charge is -2.26. The summed E-state index contributed by atoms with van der Waals surface area (Å²) in [5, 5.41) is 3.00. The molecule has 3 rings (SSSR count). The first-order valence-corrected chi connectivity index (χ1v) is 8.30. The van der Waals surface area contributed by atoms with E-state index in [1.807, 2.05) is 25.3 Å². The number of hydrogen-bond donors (Lipinski definition) is 1. The van der Waals surface area contributed by atoms with Crippen molar-refractivity contribution in [2.45, 2.75) is 13.3 Å². The van der Waals surface area contributed by atoms with E-state index in [1.165, 1.54) is 0 Å². The molecule has 1 aliphatic heterocycles. The molecule has 130 valence electrons. The van der Waals surface area contributed by atoms with Gasteiger partial charge in [0.05, 0.1) is 26.0 Å². The molecule has 0 spiro atoms. The largest absolute Gasteiger partial charge is 0.493 e. The lowest BCUT2D eigenvalue weighted by molar-refractivity contribution is 0.0374. The number of hydrogen-bond acceptors (Lipinski definition) is 5. The number of amides is 1. The van der Waals surface area contributed by atoms with E-state index in [9.17, 15) is 4.79 Å². The van der Waals surface area contributed by atoms with Crippen LogP contribution >= 0.6 is 0 Å². The van der Waals surface area contributed by atoms with Gasteiger partial charge in [-0.05, 0) is 32.0 Å². The molecule has 1 N–H and O–H groups in total. The number of morpholine rings is 1. The van der Waals surface area contributed by atoms with Crippen LogP contribution in [0.3, 0.4) is 0 Å². The molecule has 0 aliphatic carbocycles. The molecule has 1 fully saturated rings. The van der Waals surface area contributed by atoms with Crippen LogP contribution in [-0.2, 0) is 4.74 Å². The Hall–Kier alpha value is -2.12. The number of rotatable bonds is 6. The van der Waals surface area contributed by atoms with Gasteiger partial charge in [0, 0.05) is 25.8 Å². The van der Waals surface area contributed by atoms with Crippen LogP contribution in [0.1, 0.15) is 22.6 Å². The first-order chi connectivity index (χ1) is 11.7. The van der Waals surface area contributed by atoms with Gasteiger partial charge < -0.3 is 14.8 Å². The van der Waals surface area contributed by atoms with E-state index in [0.717, 1.165) is 39.3 Å². The minimum Gasteiger partial charge on any atom is -0.493 e. The second-order valence-electron chi connectivity index (χ2n) is 5.88. The van der Waals surface area contributed by atoms with Gasteiger partial charge in [0.15, 0.2) is 11.4 Å². The Labute approximate surface area is 141 Å². The maximum atomic E-state index is 12.5. The molecular weight excluding hydrogens is 308 g/mol. The van der Waals surface area contributed by atoms with Gasteiger partial charge in [-0.3, -0.25) is 14.1 Å². The molecule has 7 heteroatoms. The third-order valence-corrected chi connectivity index (χ3v) is 4.26. The third kappa shape index (κ3) is 3.52. The summed E-state index contributed by atoms with van der Waals surface area (Å²) in [6.07, 6.45) is 2.76. The normalized spacial score (nSPS) is 15.6. The van der Waals surface area contributed by atoms with Crippen LogP contribution in [0, 0.1) is 6.92 Å². The predicted octanol–water partition coefficient (Wildman–Crippen LogP) is 1.10. The maximum absolute atomic E-state index is 12.5. The number of aromatic nitrogens is 2. The number of nitrogens with zero attached hydrogens (tertiary/aromatic N) is 3. The minimum atomic E-state index is -0.102. The average molecular weight is 332 g/mol. The summed E-state index contributed by atoms with van der Waals surface area (Å²) in [5.41, 5.74) is 1.93. The Morgan fingerprint density at radius 2 is 2.21 bits per heavy atom. The standard InChI is InChI=1S/C17H24N4O3/c1-13-15(21-8-3-5-14(23-2)16(21)19-13)17(22)18-6-4-7-20-9-11-24-12-10-20/h3,5,8H,4,6-7,9-12H2,1-2H3,(H,18,22). The Morgan fingerprint density at radius 1 is 1.42 bits per heavy atom. The van der Waals surface area contributed by atoms with Gasteiger partial charge in [0.1, 0.15) is 5.69 Å². The van der Waals surface area contributed by atoms with Crippen LogP contribution < -0.4 is 10.1 Å². The predicted molar refractivity (Wildman–Crippen MR) is 90.7 cm³/mol. The van der Waals surface area contributed by atoms with Crippen LogP contribution in [0.4, 0.5) is 0 Å². The number of carbonyl (C=O) groups is 1. The van der Waals surface area contributed by atoms with Crippen LogP contribution in [-0.4, -0.2) is 66.7 Å². The molecular formula is C17H24N4O3. The summed E-state index contributed by atoms with van der Waals surface area (Å²) >= 11 is 0. The van der Waals surface area contributed by atoms with Gasteiger partial charge in [0.2, 0.25) is 0 Å². The van der Waals surface area contributed by atoms with E-state index in [1.54, 1.807) is 11.5 Å². The first kappa shape index (κ1) is 16.7. The first-order valence-electron chi connectivity index (χ1n) is 8.30. The van der Waals surface area contributed by atoms with Crippen molar-refractivity contribution in [2.24, 2.45) is 0 Å². The van der Waals surface area contributed by atoms with E-state index >= 15 is 0 Å². The Kier molecular flexibility index (Phi) is 5.32. The van der Waals surface area contributed by atoms with Gasteiger partial charge in [-0.2, -0.15) is 0 Å². The number of aryl methyl sites for hydroxylation is 1. The van der Waals surface area contributed by atoms with Crippen molar-refractivity contribution in [1.29, 1.82) is 0 Å². The van der Waals surface area contributed by atoms with Crippen LogP contribution in [0.2, 0.25) is 0 Å². The average Bonchev–Trinajstić information content (AvgIpc) is 2.95. The fourth-order valence-corrected chi connectivity index (χ4v) is 3.00. The summed E-state index contributed by atoms with van der Waals surface area (Å²) < 4.78 is 12.4. The van der Waals surface area contributed by atoms with Crippen LogP contribution in [0.15, 0.2) is 18.3 Å². The molecule has 0 radical (unpaired) electrons. The zero-order valence-corrected chi connectivity index (χ0v) is 14.2. The van der Waals surface area contributed by atoms with E-state index in [-0.39, 0.29) is 5.91 Å². The van der Waals surface area contributed by atoms with Crippen molar-refractivity contribution in [3.63, 3.8) is 0 Å². The molecule has 1 amide bonds. The van der Waals surface area contributed by atoms with E-state index in [2.05, 4.69) is 15.2 Å². The molecule has 0 atom stereocenters. The summed E-state index contributed by atoms with van der Waals surface area (Å²) in [7, 11) is 1.60. The molecule has 1 aliphatic rings. The Morgan fingerprint density at radius 3 is 2.96 bits per heavy atom. The van der Waals surface area contributed by atoms with Gasteiger partial charge >= 0.3 is 0 Å². The molecule has 0 saturated carbocycles. The Balaban J connectivity index is 1.60.